The van der Waals surface area contributed by atoms with Crippen LogP contribution in [0.2, 0.25) is 5.02 Å². The summed E-state index contributed by atoms with van der Waals surface area (Å²) in [5.41, 5.74) is 3.40. The van der Waals surface area contributed by atoms with Crippen LogP contribution in [-0.2, 0) is 6.42 Å². The summed E-state index contributed by atoms with van der Waals surface area (Å²) >= 11 is 5.82. The summed E-state index contributed by atoms with van der Waals surface area (Å²) in [4.78, 5) is 8.18. The summed E-state index contributed by atoms with van der Waals surface area (Å²) in [5.74, 6) is 0. The lowest BCUT2D eigenvalue weighted by Crippen LogP contribution is -1.95. The lowest BCUT2D eigenvalue weighted by atomic mass is 10.1. The summed E-state index contributed by atoms with van der Waals surface area (Å²) in [6, 6.07) is 7.84. The lowest BCUT2D eigenvalue weighted by Gasteiger charge is -2.03. The quantitative estimate of drug-likeness (QED) is 0.775. The minimum absolute atomic E-state index is 0.764. The predicted octanol–water partition coefficient (Wildman–Crippen LogP) is 3.03. The monoisotopic (exact) mass is 218 g/mol. The molecule has 0 aliphatic carbocycles. The van der Waals surface area contributed by atoms with Crippen molar-refractivity contribution >= 4 is 11.6 Å². The first-order valence-electron chi connectivity index (χ1n) is 4.75. The molecule has 0 amide bonds. The van der Waals surface area contributed by atoms with E-state index in [9.17, 15) is 0 Å². The van der Waals surface area contributed by atoms with E-state index in [4.69, 9.17) is 11.6 Å². The summed E-state index contributed by atoms with van der Waals surface area (Å²) in [6.07, 6.45) is 4.28. The average molecular weight is 219 g/mol. The highest BCUT2D eigenvalue weighted by molar-refractivity contribution is 6.30. The van der Waals surface area contributed by atoms with E-state index < -0.39 is 0 Å². The van der Waals surface area contributed by atoms with Crippen LogP contribution < -0.4 is 0 Å². The van der Waals surface area contributed by atoms with E-state index >= 15 is 0 Å². The first-order valence-corrected chi connectivity index (χ1v) is 5.13. The molecule has 0 atom stereocenters. The summed E-state index contributed by atoms with van der Waals surface area (Å²) in [5, 5.41) is 0.764. The fourth-order valence-electron chi connectivity index (χ4n) is 1.42. The molecule has 0 unspecified atom stereocenters. The zero-order valence-electron chi connectivity index (χ0n) is 8.44. The number of aryl methyl sites for hydroxylation is 1. The van der Waals surface area contributed by atoms with Crippen LogP contribution in [0.5, 0.6) is 0 Å². The van der Waals surface area contributed by atoms with Crippen molar-refractivity contribution in [3.63, 3.8) is 0 Å². The van der Waals surface area contributed by atoms with Crippen molar-refractivity contribution in [2.75, 3.05) is 0 Å². The summed E-state index contributed by atoms with van der Waals surface area (Å²) in [7, 11) is 0. The van der Waals surface area contributed by atoms with Gasteiger partial charge in [0.2, 0.25) is 0 Å². The van der Waals surface area contributed by atoms with Gasteiger partial charge in [0, 0.05) is 23.3 Å². The number of nitrogens with zero attached hydrogens (tertiary/aromatic N) is 2. The Labute approximate surface area is 94.0 Å². The zero-order chi connectivity index (χ0) is 10.7. The standard InChI is InChI=1S/C12H11ClN2/c1-9-11(7-14-8-15-9)6-10-2-4-12(13)5-3-10/h2-5,7-8H,6H2,1H3. The molecule has 76 valence electrons. The number of hydrogen-bond donors (Lipinski definition) is 0. The van der Waals surface area contributed by atoms with Crippen molar-refractivity contribution < 1.29 is 0 Å². The van der Waals surface area contributed by atoms with E-state index in [-0.39, 0.29) is 0 Å². The second-order valence-electron chi connectivity index (χ2n) is 3.44. The van der Waals surface area contributed by atoms with Crippen molar-refractivity contribution in [2.24, 2.45) is 0 Å². The lowest BCUT2D eigenvalue weighted by molar-refractivity contribution is 1.02. The van der Waals surface area contributed by atoms with Gasteiger partial charge in [-0.3, -0.25) is 0 Å². The van der Waals surface area contributed by atoms with Gasteiger partial charge in [-0.05, 0) is 30.2 Å². The van der Waals surface area contributed by atoms with Crippen LogP contribution in [0, 0.1) is 6.92 Å². The molecule has 1 heterocycles. The van der Waals surface area contributed by atoms with Crippen LogP contribution in [0.3, 0.4) is 0 Å². The van der Waals surface area contributed by atoms with Gasteiger partial charge in [-0.25, -0.2) is 9.97 Å². The third kappa shape index (κ3) is 2.54. The molecule has 0 radical (unpaired) electrons. The first kappa shape index (κ1) is 10.1. The van der Waals surface area contributed by atoms with Gasteiger partial charge in [0.05, 0.1) is 0 Å². The van der Waals surface area contributed by atoms with Crippen molar-refractivity contribution in [2.45, 2.75) is 13.3 Å². The Morgan fingerprint density at radius 1 is 1.20 bits per heavy atom. The molecule has 2 rings (SSSR count). The van der Waals surface area contributed by atoms with Crippen LogP contribution in [0.25, 0.3) is 0 Å². The molecule has 1 aromatic carbocycles. The Morgan fingerprint density at radius 3 is 2.60 bits per heavy atom. The van der Waals surface area contributed by atoms with Crippen LogP contribution in [0.4, 0.5) is 0 Å². The molecule has 0 saturated heterocycles. The largest absolute Gasteiger partial charge is 0.245 e. The molecule has 0 saturated carbocycles. The molecule has 0 aliphatic rings. The van der Waals surface area contributed by atoms with Crippen LogP contribution in [-0.4, -0.2) is 9.97 Å². The molecule has 2 nitrogen and oxygen atoms in total. The molecule has 0 spiro atoms. The maximum absolute atomic E-state index is 5.82. The smallest absolute Gasteiger partial charge is 0.115 e. The molecule has 0 fully saturated rings. The third-order valence-corrected chi connectivity index (χ3v) is 2.57. The minimum atomic E-state index is 0.764. The SMILES string of the molecule is Cc1ncncc1Cc1ccc(Cl)cc1. The van der Waals surface area contributed by atoms with Gasteiger partial charge in [0.1, 0.15) is 6.33 Å². The van der Waals surface area contributed by atoms with Gasteiger partial charge in [-0.1, -0.05) is 23.7 Å². The first-order chi connectivity index (χ1) is 7.25. The molecule has 2 aromatic rings. The Kier molecular flexibility index (Phi) is 2.97. The van der Waals surface area contributed by atoms with Crippen LogP contribution in [0.1, 0.15) is 16.8 Å². The van der Waals surface area contributed by atoms with E-state index in [1.165, 1.54) is 5.56 Å². The Morgan fingerprint density at radius 2 is 1.93 bits per heavy atom. The normalized spacial score (nSPS) is 10.3. The van der Waals surface area contributed by atoms with E-state index in [2.05, 4.69) is 9.97 Å². The average Bonchev–Trinajstić information content (AvgIpc) is 2.25. The summed E-state index contributed by atoms with van der Waals surface area (Å²) < 4.78 is 0. The molecule has 1 aromatic heterocycles. The van der Waals surface area contributed by atoms with Crippen LogP contribution >= 0.6 is 11.6 Å². The second kappa shape index (κ2) is 4.41. The molecule has 15 heavy (non-hydrogen) atoms. The molecule has 0 bridgehead atoms. The van der Waals surface area contributed by atoms with E-state index in [1.807, 2.05) is 37.4 Å². The van der Waals surface area contributed by atoms with Crippen molar-refractivity contribution in [3.8, 4) is 0 Å². The molecule has 0 N–H and O–H groups in total. The van der Waals surface area contributed by atoms with Gasteiger partial charge in [0.25, 0.3) is 0 Å². The van der Waals surface area contributed by atoms with Crippen LogP contribution in [0.15, 0.2) is 36.8 Å². The van der Waals surface area contributed by atoms with E-state index in [0.29, 0.717) is 0 Å². The predicted molar refractivity (Wildman–Crippen MR) is 61.0 cm³/mol. The highest BCUT2D eigenvalue weighted by atomic mass is 35.5. The number of rotatable bonds is 2. The maximum Gasteiger partial charge on any atom is 0.115 e. The fourth-order valence-corrected chi connectivity index (χ4v) is 1.54. The Balaban J connectivity index is 2.22. The van der Waals surface area contributed by atoms with Crippen molar-refractivity contribution in [1.82, 2.24) is 9.97 Å². The van der Waals surface area contributed by atoms with Gasteiger partial charge in [0.15, 0.2) is 0 Å². The molecular formula is C12H11ClN2. The van der Waals surface area contributed by atoms with E-state index in [0.717, 1.165) is 22.7 Å². The Hall–Kier alpha value is -1.41. The number of hydrogen-bond acceptors (Lipinski definition) is 2. The number of aromatic nitrogens is 2. The molecule has 3 heteroatoms. The summed E-state index contributed by atoms with van der Waals surface area (Å²) in [6.45, 7) is 1.99. The van der Waals surface area contributed by atoms with Gasteiger partial charge in [-0.2, -0.15) is 0 Å². The number of halogens is 1. The van der Waals surface area contributed by atoms with Crippen molar-refractivity contribution in [3.05, 3.63) is 58.6 Å². The highest BCUT2D eigenvalue weighted by Crippen LogP contribution is 2.14. The highest BCUT2D eigenvalue weighted by Gasteiger charge is 2.00. The zero-order valence-corrected chi connectivity index (χ0v) is 9.20. The number of benzene rings is 1. The maximum atomic E-state index is 5.82. The van der Waals surface area contributed by atoms with Gasteiger partial charge in [-0.15, -0.1) is 0 Å². The third-order valence-electron chi connectivity index (χ3n) is 2.32. The molecular weight excluding hydrogens is 208 g/mol. The fraction of sp³-hybridized carbons (Fsp3) is 0.167. The second-order valence-corrected chi connectivity index (χ2v) is 3.87. The van der Waals surface area contributed by atoms with Crippen molar-refractivity contribution in [1.29, 1.82) is 0 Å². The van der Waals surface area contributed by atoms with Gasteiger partial charge >= 0.3 is 0 Å². The van der Waals surface area contributed by atoms with Gasteiger partial charge < -0.3 is 0 Å². The van der Waals surface area contributed by atoms with E-state index in [1.54, 1.807) is 6.33 Å². The Bertz CT molecular complexity index is 451. The topological polar surface area (TPSA) is 25.8 Å². The minimum Gasteiger partial charge on any atom is -0.245 e. The molecule has 0 aliphatic heterocycles.